The summed E-state index contributed by atoms with van der Waals surface area (Å²) in [5.41, 5.74) is 1.04. The number of H-pyrrole nitrogens is 1. The van der Waals surface area contributed by atoms with E-state index in [0.717, 1.165) is 5.56 Å². The van der Waals surface area contributed by atoms with E-state index in [-0.39, 0.29) is 22.6 Å². The van der Waals surface area contributed by atoms with E-state index in [0.29, 0.717) is 5.65 Å². The van der Waals surface area contributed by atoms with Crippen LogP contribution in [0.4, 0.5) is 0 Å². The zero-order valence-corrected chi connectivity index (χ0v) is 18.4. The topological polar surface area (TPSA) is 135 Å². The predicted octanol–water partition coefficient (Wildman–Crippen LogP) is 1.25. The quantitative estimate of drug-likeness (QED) is 0.556. The number of hydrogen-bond donors (Lipinski definition) is 1. The fourth-order valence-corrected chi connectivity index (χ4v) is 4.91. The number of nitrogens with one attached hydrogen (secondary N) is 1. The predicted molar refractivity (Wildman–Crippen MR) is 110 cm³/mol. The van der Waals surface area contributed by atoms with Crippen molar-refractivity contribution in [3.05, 3.63) is 52.8 Å². The molecule has 4 atom stereocenters. The van der Waals surface area contributed by atoms with Crippen molar-refractivity contribution in [2.75, 3.05) is 6.61 Å². The Labute approximate surface area is 183 Å². The second kappa shape index (κ2) is 7.46. The molecule has 0 bridgehead atoms. The summed E-state index contributed by atoms with van der Waals surface area (Å²) in [6, 6.07) is 6.38. The Morgan fingerprint density at radius 3 is 2.62 bits per heavy atom. The molecule has 170 valence electrons. The van der Waals surface area contributed by atoms with Crippen molar-refractivity contribution in [1.82, 2.24) is 19.5 Å². The summed E-state index contributed by atoms with van der Waals surface area (Å²) in [4.78, 5) is 22.9. The number of ether oxygens (including phenoxy) is 3. The van der Waals surface area contributed by atoms with Gasteiger partial charge in [-0.15, -0.1) is 0 Å². The lowest BCUT2D eigenvalue weighted by Crippen LogP contribution is -2.33. The fraction of sp³-hybridized carbons (Fsp3) is 0.450. The van der Waals surface area contributed by atoms with Crippen LogP contribution in [0.1, 0.15) is 25.6 Å². The van der Waals surface area contributed by atoms with Crippen LogP contribution in [-0.2, 0) is 28.5 Å². The van der Waals surface area contributed by atoms with Crippen LogP contribution in [0, 0.1) is 6.92 Å². The van der Waals surface area contributed by atoms with Crippen molar-refractivity contribution in [2.45, 2.75) is 56.0 Å². The van der Waals surface area contributed by atoms with E-state index in [9.17, 15) is 13.2 Å². The van der Waals surface area contributed by atoms with E-state index in [2.05, 4.69) is 15.0 Å². The maximum absolute atomic E-state index is 12.6. The van der Waals surface area contributed by atoms with Crippen molar-refractivity contribution < 1.29 is 26.8 Å². The molecule has 2 aliphatic heterocycles. The van der Waals surface area contributed by atoms with Crippen LogP contribution >= 0.6 is 0 Å². The molecule has 2 saturated heterocycles. The van der Waals surface area contributed by atoms with Crippen LogP contribution in [0.5, 0.6) is 0 Å². The van der Waals surface area contributed by atoms with Gasteiger partial charge in [-0.1, -0.05) is 17.7 Å². The molecule has 2 fully saturated rings. The van der Waals surface area contributed by atoms with Gasteiger partial charge >= 0.3 is 0 Å². The average molecular weight is 462 g/mol. The first-order chi connectivity index (χ1) is 15.1. The monoisotopic (exact) mass is 462 g/mol. The first kappa shape index (κ1) is 21.2. The van der Waals surface area contributed by atoms with Gasteiger partial charge < -0.3 is 19.2 Å². The Hall–Kier alpha value is -2.64. The van der Waals surface area contributed by atoms with Crippen LogP contribution < -0.4 is 5.56 Å². The van der Waals surface area contributed by atoms with Gasteiger partial charge in [0.25, 0.3) is 15.7 Å². The van der Waals surface area contributed by atoms with Crippen LogP contribution in [0.15, 0.2) is 46.6 Å². The second-order valence-electron chi connectivity index (χ2n) is 8.24. The fourth-order valence-electron chi connectivity index (χ4n) is 4.00. The van der Waals surface area contributed by atoms with E-state index < -0.39 is 40.4 Å². The van der Waals surface area contributed by atoms with E-state index in [4.69, 9.17) is 18.4 Å². The van der Waals surface area contributed by atoms with Gasteiger partial charge in [-0.3, -0.25) is 13.5 Å². The summed E-state index contributed by atoms with van der Waals surface area (Å²) in [7, 11) is -3.99. The van der Waals surface area contributed by atoms with Crippen molar-refractivity contribution >= 4 is 21.3 Å². The average Bonchev–Trinajstić information content (AvgIpc) is 3.38. The smallest absolute Gasteiger partial charge is 0.297 e. The Kier molecular flexibility index (Phi) is 4.94. The number of nitrogens with zero attached hydrogens (tertiary/aromatic N) is 3. The lowest BCUT2D eigenvalue weighted by molar-refractivity contribution is -0.198. The summed E-state index contributed by atoms with van der Waals surface area (Å²) in [5.74, 6) is -0.910. The maximum atomic E-state index is 12.6. The highest BCUT2D eigenvalue weighted by molar-refractivity contribution is 7.86. The molecule has 2 aliphatic rings. The van der Waals surface area contributed by atoms with E-state index in [1.807, 2.05) is 6.92 Å². The summed E-state index contributed by atoms with van der Waals surface area (Å²) in [6.07, 6.45) is 0.0558. The number of hydrogen-bond acceptors (Lipinski definition) is 9. The zero-order chi connectivity index (χ0) is 22.7. The molecular weight excluding hydrogens is 440 g/mol. The molecule has 5 rings (SSSR count). The molecule has 0 radical (unpaired) electrons. The van der Waals surface area contributed by atoms with Gasteiger partial charge in [-0.25, -0.2) is 9.97 Å². The van der Waals surface area contributed by atoms with E-state index in [1.54, 1.807) is 30.5 Å². The van der Waals surface area contributed by atoms with Crippen LogP contribution in [-0.4, -0.2) is 58.6 Å². The number of aromatic amines is 1. The number of imidazole rings is 1. The third-order valence-corrected chi connectivity index (χ3v) is 6.76. The number of fused-ring (bicyclic) bond motifs is 2. The number of aromatic nitrogens is 4. The van der Waals surface area contributed by atoms with Crippen molar-refractivity contribution in [3.63, 3.8) is 0 Å². The molecule has 12 heteroatoms. The van der Waals surface area contributed by atoms with Crippen LogP contribution in [0.25, 0.3) is 11.2 Å². The molecule has 0 aliphatic carbocycles. The number of rotatable bonds is 5. The van der Waals surface area contributed by atoms with Gasteiger partial charge in [0.1, 0.15) is 18.3 Å². The molecule has 3 aromatic rings. The molecule has 32 heavy (non-hydrogen) atoms. The van der Waals surface area contributed by atoms with Crippen LogP contribution in [0.3, 0.4) is 0 Å². The minimum Gasteiger partial charge on any atom is -0.347 e. The molecule has 11 nitrogen and oxygen atoms in total. The summed E-state index contributed by atoms with van der Waals surface area (Å²) < 4.78 is 50.3. The van der Waals surface area contributed by atoms with Crippen molar-refractivity contribution in [3.8, 4) is 0 Å². The molecule has 0 saturated carbocycles. The first-order valence-corrected chi connectivity index (χ1v) is 11.4. The lowest BCUT2D eigenvalue weighted by Gasteiger charge is -2.24. The highest BCUT2D eigenvalue weighted by Gasteiger charge is 2.56. The molecule has 0 spiro atoms. The molecule has 1 aromatic carbocycles. The molecule has 2 aromatic heterocycles. The normalized spacial score (nSPS) is 27.1. The standard InChI is InChI=1S/C20H22N4O7S/c1-11-4-6-12(7-5-11)32(26,27)28-8-13-15-16(31-20(2,3)30-15)19(29-13)24-10-23-14-17(24)21-9-22-18(14)25/h4-7,9-10,13,15-16,19H,8H2,1-3H3,(H,21,22,25)/t13-,15+,16-,19+/m0/s1. The minimum atomic E-state index is -3.99. The Morgan fingerprint density at radius 2 is 1.88 bits per heavy atom. The van der Waals surface area contributed by atoms with Gasteiger partial charge in [0, 0.05) is 0 Å². The zero-order valence-electron chi connectivity index (χ0n) is 17.6. The molecule has 1 N–H and O–H groups in total. The van der Waals surface area contributed by atoms with Gasteiger partial charge in [0.05, 0.1) is 24.2 Å². The molecule has 0 unspecified atom stereocenters. The maximum Gasteiger partial charge on any atom is 0.297 e. The SMILES string of the molecule is Cc1ccc(S(=O)(=O)OC[C@@H]2O[C@@H](n3cnc4c(=O)[nH]cnc43)[C@H]3OC(C)(C)O[C@@H]32)cc1. The number of benzene rings is 1. The van der Waals surface area contributed by atoms with Crippen LogP contribution in [0.2, 0.25) is 0 Å². The summed E-state index contributed by atoms with van der Waals surface area (Å²) in [6.45, 7) is 5.12. The Balaban J connectivity index is 1.42. The van der Waals surface area contributed by atoms with Crippen molar-refractivity contribution in [2.24, 2.45) is 0 Å². The summed E-state index contributed by atoms with van der Waals surface area (Å²) in [5, 5.41) is 0. The second-order valence-corrected chi connectivity index (χ2v) is 9.85. The minimum absolute atomic E-state index is 0.0575. The van der Waals surface area contributed by atoms with E-state index in [1.165, 1.54) is 24.8 Å². The first-order valence-electron chi connectivity index (χ1n) is 10.0. The third kappa shape index (κ3) is 3.63. The lowest BCUT2D eigenvalue weighted by atomic mass is 10.1. The van der Waals surface area contributed by atoms with Gasteiger partial charge in [-0.05, 0) is 32.9 Å². The summed E-state index contributed by atoms with van der Waals surface area (Å²) >= 11 is 0. The molecular formula is C20H22N4O7S. The molecule has 0 amide bonds. The third-order valence-electron chi connectivity index (χ3n) is 5.46. The largest absolute Gasteiger partial charge is 0.347 e. The molecule has 4 heterocycles. The van der Waals surface area contributed by atoms with Crippen molar-refractivity contribution in [1.29, 1.82) is 0 Å². The number of aryl methyl sites for hydroxylation is 1. The van der Waals surface area contributed by atoms with Gasteiger partial charge in [0.15, 0.2) is 23.2 Å². The van der Waals surface area contributed by atoms with Gasteiger partial charge in [0.2, 0.25) is 0 Å². The van der Waals surface area contributed by atoms with Gasteiger partial charge in [-0.2, -0.15) is 8.42 Å². The highest BCUT2D eigenvalue weighted by Crippen LogP contribution is 2.43. The Morgan fingerprint density at radius 1 is 1.16 bits per heavy atom. The Bertz CT molecular complexity index is 1320. The highest BCUT2D eigenvalue weighted by atomic mass is 32.2. The van der Waals surface area contributed by atoms with E-state index >= 15 is 0 Å².